The van der Waals surface area contributed by atoms with Crippen LogP contribution in [0.5, 0.6) is 5.75 Å². The highest BCUT2D eigenvalue weighted by Gasteiger charge is 2.18. The van der Waals surface area contributed by atoms with E-state index >= 15 is 0 Å². The van der Waals surface area contributed by atoms with E-state index in [9.17, 15) is 4.79 Å². The van der Waals surface area contributed by atoms with Gasteiger partial charge in [-0.05, 0) is 55.7 Å². The van der Waals surface area contributed by atoms with Crippen molar-refractivity contribution in [3.63, 3.8) is 0 Å². The molecule has 0 aromatic heterocycles. The Morgan fingerprint density at radius 1 is 1.10 bits per heavy atom. The molecule has 0 spiro atoms. The van der Waals surface area contributed by atoms with E-state index < -0.39 is 6.10 Å². The lowest BCUT2D eigenvalue weighted by molar-refractivity contribution is -0.122. The molecule has 3 heteroatoms. The fourth-order valence-corrected chi connectivity index (χ4v) is 2.12. The summed E-state index contributed by atoms with van der Waals surface area (Å²) in [6.45, 7) is 5.94. The Hall–Kier alpha value is -2.29. The van der Waals surface area contributed by atoms with Crippen LogP contribution < -0.4 is 10.1 Å². The first-order valence-corrected chi connectivity index (χ1v) is 7.19. The van der Waals surface area contributed by atoms with Gasteiger partial charge in [0.25, 0.3) is 5.91 Å². The van der Waals surface area contributed by atoms with Gasteiger partial charge in [-0.3, -0.25) is 4.79 Å². The largest absolute Gasteiger partial charge is 0.481 e. The molecule has 0 unspecified atom stereocenters. The molecule has 0 radical (unpaired) electrons. The molecule has 0 aliphatic rings. The quantitative estimate of drug-likeness (QED) is 0.897. The number of ether oxygens (including phenoxy) is 1. The lowest BCUT2D eigenvalue weighted by Gasteiger charge is -2.17. The van der Waals surface area contributed by atoms with E-state index in [0.717, 1.165) is 22.6 Å². The van der Waals surface area contributed by atoms with E-state index in [1.807, 2.05) is 69.3 Å². The fraction of sp³-hybridized carbons (Fsp3) is 0.278. The van der Waals surface area contributed by atoms with Crippen LogP contribution in [0.15, 0.2) is 48.5 Å². The molecule has 21 heavy (non-hydrogen) atoms. The third-order valence-electron chi connectivity index (χ3n) is 3.22. The van der Waals surface area contributed by atoms with Crippen molar-refractivity contribution in [3.05, 3.63) is 59.7 Å². The average molecular weight is 283 g/mol. The highest BCUT2D eigenvalue weighted by molar-refractivity contribution is 5.94. The van der Waals surface area contributed by atoms with Gasteiger partial charge in [-0.1, -0.05) is 31.2 Å². The summed E-state index contributed by atoms with van der Waals surface area (Å²) in [4.78, 5) is 12.3. The van der Waals surface area contributed by atoms with E-state index in [0.29, 0.717) is 6.42 Å². The van der Waals surface area contributed by atoms with E-state index in [1.54, 1.807) is 0 Å². The number of rotatable bonds is 5. The topological polar surface area (TPSA) is 38.3 Å². The van der Waals surface area contributed by atoms with E-state index in [-0.39, 0.29) is 5.91 Å². The maximum absolute atomic E-state index is 12.3. The minimum Gasteiger partial charge on any atom is -0.481 e. The van der Waals surface area contributed by atoms with Crippen LogP contribution in [0, 0.1) is 13.8 Å². The molecule has 0 saturated carbocycles. The first kappa shape index (κ1) is 15.1. The van der Waals surface area contributed by atoms with Crippen LogP contribution in [0.1, 0.15) is 24.5 Å². The highest BCUT2D eigenvalue weighted by Crippen LogP contribution is 2.17. The van der Waals surface area contributed by atoms with Crippen molar-refractivity contribution in [3.8, 4) is 5.75 Å². The normalized spacial score (nSPS) is 11.8. The Balaban J connectivity index is 2.05. The molecule has 1 atom stereocenters. The summed E-state index contributed by atoms with van der Waals surface area (Å²) in [6, 6.07) is 15.5. The Morgan fingerprint density at radius 3 is 2.38 bits per heavy atom. The standard InChI is InChI=1S/C18H21NO2/c1-4-17(21-16-10-6-8-14(3)12-16)18(20)19-15-9-5-7-13(2)11-15/h5-12,17H,4H2,1-3H3,(H,19,20)/t17-/m1/s1. The van der Waals surface area contributed by atoms with Gasteiger partial charge in [0.15, 0.2) is 6.10 Å². The average Bonchev–Trinajstić information content (AvgIpc) is 2.44. The lowest BCUT2D eigenvalue weighted by Crippen LogP contribution is -2.32. The highest BCUT2D eigenvalue weighted by atomic mass is 16.5. The number of nitrogens with one attached hydrogen (secondary N) is 1. The van der Waals surface area contributed by atoms with Crippen LogP contribution in [-0.4, -0.2) is 12.0 Å². The summed E-state index contributed by atoms with van der Waals surface area (Å²) < 4.78 is 5.80. The molecule has 0 aliphatic carbocycles. The summed E-state index contributed by atoms with van der Waals surface area (Å²) in [5.74, 6) is 0.603. The van der Waals surface area contributed by atoms with Crippen LogP contribution in [0.4, 0.5) is 5.69 Å². The minimum absolute atomic E-state index is 0.121. The molecule has 1 N–H and O–H groups in total. The predicted octanol–water partition coefficient (Wildman–Crippen LogP) is 4.10. The molecule has 0 heterocycles. The van der Waals surface area contributed by atoms with Gasteiger partial charge in [0.1, 0.15) is 5.75 Å². The maximum Gasteiger partial charge on any atom is 0.265 e. The Kier molecular flexibility index (Phi) is 4.99. The molecule has 2 aromatic carbocycles. The molecule has 2 aromatic rings. The second-order valence-electron chi connectivity index (χ2n) is 5.19. The van der Waals surface area contributed by atoms with Gasteiger partial charge >= 0.3 is 0 Å². The lowest BCUT2D eigenvalue weighted by atomic mass is 10.2. The van der Waals surface area contributed by atoms with Gasteiger partial charge in [0.2, 0.25) is 0 Å². The maximum atomic E-state index is 12.3. The second kappa shape index (κ2) is 6.93. The SMILES string of the molecule is CC[C@@H](Oc1cccc(C)c1)C(=O)Nc1cccc(C)c1. The summed E-state index contributed by atoms with van der Waals surface area (Å²) in [7, 11) is 0. The first-order valence-electron chi connectivity index (χ1n) is 7.19. The molecule has 0 aliphatic heterocycles. The zero-order valence-corrected chi connectivity index (χ0v) is 12.7. The van der Waals surface area contributed by atoms with Crippen molar-refractivity contribution in [1.82, 2.24) is 0 Å². The number of benzene rings is 2. The van der Waals surface area contributed by atoms with Crippen molar-refractivity contribution in [1.29, 1.82) is 0 Å². The van der Waals surface area contributed by atoms with Crippen molar-refractivity contribution in [2.75, 3.05) is 5.32 Å². The van der Waals surface area contributed by atoms with E-state index in [2.05, 4.69) is 5.32 Å². The number of carbonyl (C=O) groups is 1. The van der Waals surface area contributed by atoms with Crippen molar-refractivity contribution < 1.29 is 9.53 Å². The zero-order chi connectivity index (χ0) is 15.2. The van der Waals surface area contributed by atoms with Gasteiger partial charge in [-0.25, -0.2) is 0 Å². The summed E-state index contributed by atoms with van der Waals surface area (Å²) in [6.07, 6.45) is 0.123. The van der Waals surface area contributed by atoms with Gasteiger partial charge in [-0.2, -0.15) is 0 Å². The molecular weight excluding hydrogens is 262 g/mol. The third-order valence-corrected chi connectivity index (χ3v) is 3.22. The molecule has 0 bridgehead atoms. The fourth-order valence-electron chi connectivity index (χ4n) is 2.12. The predicted molar refractivity (Wildman–Crippen MR) is 85.7 cm³/mol. The summed E-state index contributed by atoms with van der Waals surface area (Å²) in [5, 5.41) is 2.90. The number of amides is 1. The molecule has 0 saturated heterocycles. The van der Waals surface area contributed by atoms with Gasteiger partial charge in [-0.15, -0.1) is 0 Å². The van der Waals surface area contributed by atoms with Crippen LogP contribution in [-0.2, 0) is 4.79 Å². The van der Waals surface area contributed by atoms with Crippen molar-refractivity contribution >= 4 is 11.6 Å². The first-order chi connectivity index (χ1) is 10.1. The van der Waals surface area contributed by atoms with E-state index in [4.69, 9.17) is 4.74 Å². The van der Waals surface area contributed by atoms with Gasteiger partial charge in [0.05, 0.1) is 0 Å². The summed E-state index contributed by atoms with van der Waals surface area (Å²) in [5.41, 5.74) is 3.02. The monoisotopic (exact) mass is 283 g/mol. The molecule has 110 valence electrons. The van der Waals surface area contributed by atoms with Crippen LogP contribution in [0.25, 0.3) is 0 Å². The molecule has 1 amide bonds. The second-order valence-corrected chi connectivity index (χ2v) is 5.19. The van der Waals surface area contributed by atoms with Crippen LogP contribution in [0.2, 0.25) is 0 Å². The van der Waals surface area contributed by atoms with Crippen molar-refractivity contribution in [2.24, 2.45) is 0 Å². The Morgan fingerprint density at radius 2 is 1.76 bits per heavy atom. The minimum atomic E-state index is -0.493. The van der Waals surface area contributed by atoms with Crippen LogP contribution in [0.3, 0.4) is 0 Å². The van der Waals surface area contributed by atoms with Crippen LogP contribution >= 0.6 is 0 Å². The summed E-state index contributed by atoms with van der Waals surface area (Å²) >= 11 is 0. The van der Waals surface area contributed by atoms with Crippen molar-refractivity contribution in [2.45, 2.75) is 33.3 Å². The number of hydrogen-bond donors (Lipinski definition) is 1. The zero-order valence-electron chi connectivity index (χ0n) is 12.7. The molecule has 0 fully saturated rings. The molecule has 3 nitrogen and oxygen atoms in total. The number of hydrogen-bond acceptors (Lipinski definition) is 2. The Labute approximate surface area is 126 Å². The van der Waals surface area contributed by atoms with Gasteiger partial charge < -0.3 is 10.1 Å². The van der Waals surface area contributed by atoms with Gasteiger partial charge in [0, 0.05) is 5.69 Å². The number of carbonyl (C=O) groups excluding carboxylic acids is 1. The third kappa shape index (κ3) is 4.35. The Bertz CT molecular complexity index is 622. The number of aryl methyl sites for hydroxylation is 2. The molecular formula is C18H21NO2. The van der Waals surface area contributed by atoms with E-state index in [1.165, 1.54) is 0 Å². The smallest absolute Gasteiger partial charge is 0.265 e. The molecule has 2 rings (SSSR count). The number of anilines is 1.